The second kappa shape index (κ2) is 6.73. The highest BCUT2D eigenvalue weighted by molar-refractivity contribution is 9.10. The normalized spacial score (nSPS) is 13.1. The average Bonchev–Trinajstić information content (AvgIpc) is 2.97. The van der Waals surface area contributed by atoms with Gasteiger partial charge in [0, 0.05) is 12.1 Å². The molecule has 20 heavy (non-hydrogen) atoms. The first-order valence-electron chi connectivity index (χ1n) is 6.09. The molecule has 1 unspecified atom stereocenters. The Balaban J connectivity index is 2.34. The summed E-state index contributed by atoms with van der Waals surface area (Å²) in [6, 6.07) is 1.50. The summed E-state index contributed by atoms with van der Waals surface area (Å²) >= 11 is 9.56. The number of rotatable bonds is 6. The van der Waals surface area contributed by atoms with Crippen molar-refractivity contribution >= 4 is 27.5 Å². The Morgan fingerprint density at radius 2 is 2.35 bits per heavy atom. The maximum Gasteiger partial charge on any atom is 0.198 e. The molecule has 8 heteroatoms. The lowest BCUT2D eigenvalue weighted by molar-refractivity contribution is 0.365. The van der Waals surface area contributed by atoms with Crippen LogP contribution in [0, 0.1) is 0 Å². The van der Waals surface area contributed by atoms with Crippen molar-refractivity contribution in [3.8, 4) is 0 Å². The SMILES string of the molecule is CN(C)CCn1ncc(Br)c1C(NN)c1ccoc1Cl. The molecule has 0 fully saturated rings. The number of likely N-dealkylation sites (N-methyl/N-ethyl adjacent to an activating group) is 1. The van der Waals surface area contributed by atoms with E-state index in [1.165, 1.54) is 6.26 Å². The van der Waals surface area contributed by atoms with E-state index < -0.39 is 0 Å². The molecule has 0 spiro atoms. The van der Waals surface area contributed by atoms with Crippen molar-refractivity contribution in [2.24, 2.45) is 5.84 Å². The van der Waals surface area contributed by atoms with Crippen LogP contribution in [0.25, 0.3) is 0 Å². The molecular formula is C12H17BrClN5O. The first-order valence-corrected chi connectivity index (χ1v) is 7.26. The summed E-state index contributed by atoms with van der Waals surface area (Å²) in [6.45, 7) is 1.62. The van der Waals surface area contributed by atoms with Crippen molar-refractivity contribution in [1.29, 1.82) is 0 Å². The Hall–Kier alpha value is -0.860. The van der Waals surface area contributed by atoms with Crippen LogP contribution >= 0.6 is 27.5 Å². The zero-order valence-corrected chi connectivity index (χ0v) is 13.6. The number of furan rings is 1. The summed E-state index contributed by atoms with van der Waals surface area (Å²) in [4.78, 5) is 2.09. The molecule has 110 valence electrons. The van der Waals surface area contributed by atoms with Crippen LogP contribution in [0.5, 0.6) is 0 Å². The fourth-order valence-electron chi connectivity index (χ4n) is 1.96. The Labute approximate surface area is 131 Å². The first-order chi connectivity index (χ1) is 9.54. The van der Waals surface area contributed by atoms with Crippen LogP contribution in [0.3, 0.4) is 0 Å². The summed E-state index contributed by atoms with van der Waals surface area (Å²) in [6.07, 6.45) is 3.29. The van der Waals surface area contributed by atoms with Gasteiger partial charge in [-0.3, -0.25) is 10.5 Å². The van der Waals surface area contributed by atoms with Crippen LogP contribution in [0.1, 0.15) is 17.3 Å². The van der Waals surface area contributed by atoms with Gasteiger partial charge in [-0.15, -0.1) is 0 Å². The monoisotopic (exact) mass is 361 g/mol. The van der Waals surface area contributed by atoms with Crippen molar-refractivity contribution in [1.82, 2.24) is 20.1 Å². The molecule has 2 aromatic heterocycles. The summed E-state index contributed by atoms with van der Waals surface area (Å²) in [5.41, 5.74) is 4.46. The number of hydrogen-bond acceptors (Lipinski definition) is 5. The number of nitrogens with one attached hydrogen (secondary N) is 1. The molecule has 0 amide bonds. The number of nitrogens with two attached hydrogens (primary N) is 1. The van der Waals surface area contributed by atoms with E-state index in [2.05, 4.69) is 31.4 Å². The third kappa shape index (κ3) is 3.24. The van der Waals surface area contributed by atoms with Gasteiger partial charge in [-0.2, -0.15) is 5.10 Å². The summed E-state index contributed by atoms with van der Waals surface area (Å²) in [5, 5.41) is 4.69. The second-order valence-corrected chi connectivity index (χ2v) is 5.85. The van der Waals surface area contributed by atoms with E-state index in [-0.39, 0.29) is 6.04 Å². The topological polar surface area (TPSA) is 72.2 Å². The molecule has 2 rings (SSSR count). The molecule has 0 aliphatic rings. The van der Waals surface area contributed by atoms with Gasteiger partial charge in [0.2, 0.25) is 0 Å². The molecule has 2 aromatic rings. The molecule has 0 saturated heterocycles. The minimum atomic E-state index is -0.291. The third-order valence-electron chi connectivity index (χ3n) is 2.99. The highest BCUT2D eigenvalue weighted by atomic mass is 79.9. The van der Waals surface area contributed by atoms with Gasteiger partial charge in [0.25, 0.3) is 0 Å². The van der Waals surface area contributed by atoms with Crippen molar-refractivity contribution in [2.75, 3.05) is 20.6 Å². The highest BCUT2D eigenvalue weighted by Gasteiger charge is 2.24. The molecule has 1 atom stereocenters. The van der Waals surface area contributed by atoms with Gasteiger partial charge in [-0.25, -0.2) is 5.43 Å². The minimum Gasteiger partial charge on any atom is -0.453 e. The largest absolute Gasteiger partial charge is 0.453 e. The second-order valence-electron chi connectivity index (χ2n) is 4.65. The van der Waals surface area contributed by atoms with Crippen molar-refractivity contribution < 1.29 is 4.42 Å². The quantitative estimate of drug-likeness (QED) is 0.607. The van der Waals surface area contributed by atoms with Crippen LogP contribution in [0.4, 0.5) is 0 Å². The number of hydrazine groups is 1. The van der Waals surface area contributed by atoms with Crippen molar-refractivity contribution in [2.45, 2.75) is 12.6 Å². The molecule has 3 N–H and O–H groups in total. The van der Waals surface area contributed by atoms with Crippen LogP contribution in [0.15, 0.2) is 27.4 Å². The van der Waals surface area contributed by atoms with Gasteiger partial charge in [-0.1, -0.05) is 0 Å². The van der Waals surface area contributed by atoms with E-state index in [9.17, 15) is 0 Å². The molecular weight excluding hydrogens is 346 g/mol. The molecule has 0 aliphatic carbocycles. The minimum absolute atomic E-state index is 0.291. The number of hydrogen-bond donors (Lipinski definition) is 2. The predicted molar refractivity (Wildman–Crippen MR) is 81.4 cm³/mol. The zero-order chi connectivity index (χ0) is 14.7. The number of aromatic nitrogens is 2. The maximum absolute atomic E-state index is 6.05. The number of nitrogens with zero attached hydrogens (tertiary/aromatic N) is 3. The third-order valence-corrected chi connectivity index (χ3v) is 3.91. The van der Waals surface area contributed by atoms with E-state index in [0.717, 1.165) is 28.8 Å². The van der Waals surface area contributed by atoms with Gasteiger partial charge in [0.15, 0.2) is 5.22 Å². The molecule has 0 saturated carbocycles. The lowest BCUT2D eigenvalue weighted by Crippen LogP contribution is -2.32. The van der Waals surface area contributed by atoms with Crippen LogP contribution < -0.4 is 11.3 Å². The maximum atomic E-state index is 6.05. The van der Waals surface area contributed by atoms with Gasteiger partial charge < -0.3 is 9.32 Å². The van der Waals surface area contributed by atoms with Crippen LogP contribution in [0.2, 0.25) is 5.22 Å². The van der Waals surface area contributed by atoms with E-state index in [1.807, 2.05) is 18.8 Å². The Bertz CT molecular complexity index is 568. The van der Waals surface area contributed by atoms with Crippen LogP contribution in [-0.4, -0.2) is 35.3 Å². The van der Waals surface area contributed by atoms with E-state index >= 15 is 0 Å². The van der Waals surface area contributed by atoms with Gasteiger partial charge in [0.05, 0.1) is 35.2 Å². The summed E-state index contributed by atoms with van der Waals surface area (Å²) in [7, 11) is 4.04. The molecule has 0 aliphatic heterocycles. The predicted octanol–water partition coefficient (Wildman–Crippen LogP) is 2.01. The van der Waals surface area contributed by atoms with E-state index in [1.54, 1.807) is 12.3 Å². The Morgan fingerprint density at radius 3 is 2.90 bits per heavy atom. The fourth-order valence-corrected chi connectivity index (χ4v) is 2.71. The molecule has 0 aromatic carbocycles. The first kappa shape index (κ1) is 15.5. The van der Waals surface area contributed by atoms with Gasteiger partial charge >= 0.3 is 0 Å². The lowest BCUT2D eigenvalue weighted by atomic mass is 10.1. The fraction of sp³-hybridized carbons (Fsp3) is 0.417. The van der Waals surface area contributed by atoms with Crippen molar-refractivity contribution in [3.05, 3.63) is 39.5 Å². The lowest BCUT2D eigenvalue weighted by Gasteiger charge is -2.19. The summed E-state index contributed by atoms with van der Waals surface area (Å²) < 4.78 is 7.91. The molecule has 6 nitrogen and oxygen atoms in total. The van der Waals surface area contributed by atoms with E-state index in [0.29, 0.717) is 5.22 Å². The molecule has 2 heterocycles. The standard InChI is InChI=1S/C12H17BrClN5O/c1-18(2)4-5-19-11(9(13)7-16-19)10(17-15)8-3-6-20-12(8)14/h3,6-7,10,17H,4-5,15H2,1-2H3. The molecule has 0 bridgehead atoms. The zero-order valence-electron chi connectivity index (χ0n) is 11.3. The van der Waals surface area contributed by atoms with Crippen LogP contribution in [-0.2, 0) is 6.54 Å². The van der Waals surface area contributed by atoms with E-state index in [4.69, 9.17) is 21.9 Å². The highest BCUT2D eigenvalue weighted by Crippen LogP contribution is 2.32. The smallest absolute Gasteiger partial charge is 0.198 e. The Morgan fingerprint density at radius 1 is 1.60 bits per heavy atom. The van der Waals surface area contributed by atoms with Gasteiger partial charge in [-0.05, 0) is 47.7 Å². The van der Waals surface area contributed by atoms with Crippen molar-refractivity contribution in [3.63, 3.8) is 0 Å². The van der Waals surface area contributed by atoms with Gasteiger partial charge in [0.1, 0.15) is 0 Å². The average molecular weight is 363 g/mol. The number of halogens is 2. The summed E-state index contributed by atoms with van der Waals surface area (Å²) in [5.74, 6) is 5.70. The molecule has 0 radical (unpaired) electrons. The Kier molecular flexibility index (Phi) is 5.22.